The number of hydrogen-bond acceptors (Lipinski definition) is 4. The molecule has 0 fully saturated rings. The Labute approximate surface area is 180 Å². The first-order valence-electron chi connectivity index (χ1n) is 9.74. The third kappa shape index (κ3) is 5.58. The van der Waals surface area contributed by atoms with E-state index in [1.807, 2.05) is 0 Å². The van der Waals surface area contributed by atoms with Crippen LogP contribution in [0.15, 0.2) is 66.7 Å². The average molecular weight is 416 g/mol. The van der Waals surface area contributed by atoms with Crippen LogP contribution in [0.1, 0.15) is 36.7 Å². The summed E-state index contributed by atoms with van der Waals surface area (Å²) >= 11 is 0. The molecular weight excluding hydrogens is 395 g/mol. The zero-order valence-corrected chi connectivity index (χ0v) is 17.4. The lowest BCUT2D eigenvalue weighted by Crippen LogP contribution is -2.14. The largest absolute Gasteiger partial charge is 0.426 e. The molecule has 0 aliphatic rings. The summed E-state index contributed by atoms with van der Waals surface area (Å²) in [5.41, 5.74) is 2.15. The van der Waals surface area contributed by atoms with Crippen molar-refractivity contribution in [2.24, 2.45) is 5.92 Å². The second-order valence-corrected chi connectivity index (χ2v) is 7.08. The molecule has 0 aliphatic heterocycles. The molecular formula is C26H21FO4. The topological polar surface area (TPSA) is 52.6 Å². The summed E-state index contributed by atoms with van der Waals surface area (Å²) in [6.07, 6.45) is 0. The number of carbonyl (C=O) groups is 2. The van der Waals surface area contributed by atoms with Gasteiger partial charge in [-0.1, -0.05) is 38.0 Å². The van der Waals surface area contributed by atoms with Gasteiger partial charge in [0.2, 0.25) is 0 Å². The molecule has 0 aromatic heterocycles. The average Bonchev–Trinajstić information content (AvgIpc) is 2.76. The van der Waals surface area contributed by atoms with E-state index in [2.05, 4.69) is 11.8 Å². The highest BCUT2D eigenvalue weighted by molar-refractivity contribution is 5.91. The second kappa shape index (κ2) is 9.73. The van der Waals surface area contributed by atoms with Crippen LogP contribution >= 0.6 is 0 Å². The summed E-state index contributed by atoms with van der Waals surface area (Å²) in [4.78, 5) is 24.0. The number of benzene rings is 3. The number of halogens is 1. The summed E-state index contributed by atoms with van der Waals surface area (Å²) in [6.45, 7) is 5.15. The van der Waals surface area contributed by atoms with Gasteiger partial charge in [0.1, 0.15) is 17.3 Å². The van der Waals surface area contributed by atoms with Crippen molar-refractivity contribution in [1.29, 1.82) is 0 Å². The maximum Gasteiger partial charge on any atom is 0.343 e. The van der Waals surface area contributed by atoms with E-state index in [4.69, 9.17) is 9.47 Å². The van der Waals surface area contributed by atoms with E-state index in [9.17, 15) is 14.0 Å². The maximum absolute atomic E-state index is 14.1. The smallest absolute Gasteiger partial charge is 0.343 e. The van der Waals surface area contributed by atoms with E-state index in [-0.39, 0.29) is 11.9 Å². The Balaban J connectivity index is 1.67. The van der Waals surface area contributed by atoms with Gasteiger partial charge >= 0.3 is 11.9 Å². The number of carbonyl (C=O) groups excluding carboxylic acids is 2. The molecule has 156 valence electrons. The first-order chi connectivity index (χ1) is 14.9. The normalized spacial score (nSPS) is 10.2. The second-order valence-electron chi connectivity index (χ2n) is 7.08. The third-order valence-electron chi connectivity index (χ3n) is 4.41. The van der Waals surface area contributed by atoms with Crippen molar-refractivity contribution in [3.63, 3.8) is 0 Å². The molecule has 0 spiro atoms. The molecule has 0 amide bonds. The van der Waals surface area contributed by atoms with Gasteiger partial charge in [-0.15, -0.1) is 5.92 Å². The number of esters is 2. The molecule has 3 aromatic rings. The van der Waals surface area contributed by atoms with Gasteiger partial charge in [0.25, 0.3) is 0 Å². The third-order valence-corrected chi connectivity index (χ3v) is 4.41. The minimum absolute atomic E-state index is 0.236. The van der Waals surface area contributed by atoms with Crippen molar-refractivity contribution >= 4 is 11.9 Å². The molecule has 31 heavy (non-hydrogen) atoms. The van der Waals surface area contributed by atoms with Crippen LogP contribution in [0.5, 0.6) is 11.5 Å². The molecule has 5 heteroatoms. The van der Waals surface area contributed by atoms with Crippen LogP contribution in [-0.4, -0.2) is 11.9 Å². The van der Waals surface area contributed by atoms with Crippen molar-refractivity contribution in [2.45, 2.75) is 20.8 Å². The van der Waals surface area contributed by atoms with Crippen LogP contribution in [0.2, 0.25) is 0 Å². The molecule has 0 bridgehead atoms. The molecule has 0 heterocycles. The van der Waals surface area contributed by atoms with Gasteiger partial charge in [0, 0.05) is 0 Å². The highest BCUT2D eigenvalue weighted by Gasteiger charge is 2.12. The summed E-state index contributed by atoms with van der Waals surface area (Å²) in [6, 6.07) is 17.8. The van der Waals surface area contributed by atoms with Crippen molar-refractivity contribution in [3.05, 3.63) is 83.7 Å². The maximum atomic E-state index is 14.1. The quantitative estimate of drug-likeness (QED) is 0.307. The number of rotatable bonds is 5. The minimum Gasteiger partial charge on any atom is -0.426 e. The van der Waals surface area contributed by atoms with E-state index in [0.717, 1.165) is 5.56 Å². The fourth-order valence-corrected chi connectivity index (χ4v) is 2.71. The van der Waals surface area contributed by atoms with Crippen LogP contribution in [0.3, 0.4) is 0 Å². The Morgan fingerprint density at radius 3 is 1.97 bits per heavy atom. The predicted molar refractivity (Wildman–Crippen MR) is 116 cm³/mol. The fraction of sp³-hybridized carbons (Fsp3) is 0.154. The Bertz CT molecular complexity index is 1150. The molecule has 4 nitrogen and oxygen atoms in total. The molecule has 0 saturated carbocycles. The summed E-state index contributed by atoms with van der Waals surface area (Å²) in [7, 11) is 0. The Kier molecular flexibility index (Phi) is 6.84. The molecule has 3 rings (SSSR count). The highest BCUT2D eigenvalue weighted by atomic mass is 19.1. The van der Waals surface area contributed by atoms with E-state index < -0.39 is 11.8 Å². The lowest BCUT2D eigenvalue weighted by Gasteiger charge is -2.08. The molecule has 0 N–H and O–H groups in total. The predicted octanol–water partition coefficient (Wildman–Crippen LogP) is 5.64. The standard InChI is InChI=1S/C26H21FO4/c1-4-5-19-8-11-21(16-24(19)27)18-6-9-20(10-7-18)26(29)31-23-14-12-22(13-15-23)30-25(28)17(2)3/h6-17H,1-3H3. The zero-order chi connectivity index (χ0) is 22.4. The molecule has 0 atom stereocenters. The Hall–Kier alpha value is -3.91. The van der Waals surface area contributed by atoms with Gasteiger partial charge in [0.05, 0.1) is 17.0 Å². The van der Waals surface area contributed by atoms with Crippen molar-refractivity contribution in [3.8, 4) is 34.5 Å². The lowest BCUT2D eigenvalue weighted by molar-refractivity contribution is -0.137. The van der Waals surface area contributed by atoms with Gasteiger partial charge < -0.3 is 9.47 Å². The molecule has 3 aromatic carbocycles. The first kappa shape index (κ1) is 21.8. The van der Waals surface area contributed by atoms with Gasteiger partial charge in [-0.25, -0.2) is 9.18 Å². The van der Waals surface area contributed by atoms with Gasteiger partial charge in [-0.2, -0.15) is 0 Å². The van der Waals surface area contributed by atoms with Gasteiger partial charge in [-0.3, -0.25) is 4.79 Å². The zero-order valence-electron chi connectivity index (χ0n) is 17.4. The van der Waals surface area contributed by atoms with Crippen LogP contribution in [0.25, 0.3) is 11.1 Å². The molecule has 0 unspecified atom stereocenters. The van der Waals surface area contributed by atoms with Crippen LogP contribution in [-0.2, 0) is 4.79 Å². The highest BCUT2D eigenvalue weighted by Crippen LogP contribution is 2.24. The molecule has 0 saturated heterocycles. The van der Waals surface area contributed by atoms with E-state index in [0.29, 0.717) is 28.2 Å². The van der Waals surface area contributed by atoms with E-state index in [1.54, 1.807) is 81.4 Å². The van der Waals surface area contributed by atoms with Crippen molar-refractivity contribution in [1.82, 2.24) is 0 Å². The van der Waals surface area contributed by atoms with Crippen LogP contribution < -0.4 is 9.47 Å². The number of ether oxygens (including phenoxy) is 2. The van der Waals surface area contributed by atoms with Gasteiger partial charge in [-0.05, 0) is 66.6 Å². The summed E-state index contributed by atoms with van der Waals surface area (Å²) < 4.78 is 24.7. The molecule has 0 radical (unpaired) electrons. The Morgan fingerprint density at radius 1 is 0.839 bits per heavy atom. The minimum atomic E-state index is -0.529. The van der Waals surface area contributed by atoms with Crippen molar-refractivity contribution in [2.75, 3.05) is 0 Å². The SMILES string of the molecule is CC#Cc1ccc(-c2ccc(C(=O)Oc3ccc(OC(=O)C(C)C)cc3)cc2)cc1F. The van der Waals surface area contributed by atoms with Crippen LogP contribution in [0.4, 0.5) is 4.39 Å². The first-order valence-corrected chi connectivity index (χ1v) is 9.74. The monoisotopic (exact) mass is 416 g/mol. The lowest BCUT2D eigenvalue weighted by atomic mass is 10.0. The van der Waals surface area contributed by atoms with Crippen molar-refractivity contribution < 1.29 is 23.5 Å². The molecule has 0 aliphatic carbocycles. The van der Waals surface area contributed by atoms with Crippen LogP contribution in [0, 0.1) is 23.6 Å². The Morgan fingerprint density at radius 2 is 1.42 bits per heavy atom. The fourth-order valence-electron chi connectivity index (χ4n) is 2.71. The van der Waals surface area contributed by atoms with E-state index in [1.165, 1.54) is 6.07 Å². The summed E-state index contributed by atoms with van der Waals surface area (Å²) in [5.74, 6) is 4.60. The number of hydrogen-bond donors (Lipinski definition) is 0. The van der Waals surface area contributed by atoms with Gasteiger partial charge in [0.15, 0.2) is 0 Å². The summed E-state index contributed by atoms with van der Waals surface area (Å²) in [5, 5.41) is 0. The van der Waals surface area contributed by atoms with E-state index >= 15 is 0 Å².